The lowest BCUT2D eigenvalue weighted by atomic mass is 10.0. The minimum atomic E-state index is -0.540. The van der Waals surface area contributed by atoms with Crippen LogP contribution in [0.5, 0.6) is 0 Å². The van der Waals surface area contributed by atoms with Gasteiger partial charge in [-0.3, -0.25) is 4.79 Å². The molecular formula is C15H20BrN3O. The van der Waals surface area contributed by atoms with Gasteiger partial charge in [-0.25, -0.2) is 0 Å². The summed E-state index contributed by atoms with van der Waals surface area (Å²) in [6.45, 7) is 4.43. The number of benzene rings is 1. The quantitative estimate of drug-likeness (QED) is 0.891. The number of halogens is 1. The predicted octanol–water partition coefficient (Wildman–Crippen LogP) is 3.03. The number of carbonyl (C=O) groups is 1. The Bertz CT molecular complexity index is 546. The van der Waals surface area contributed by atoms with Gasteiger partial charge in [0.25, 0.3) is 0 Å². The van der Waals surface area contributed by atoms with E-state index < -0.39 is 6.04 Å². The summed E-state index contributed by atoms with van der Waals surface area (Å²) in [6.07, 6.45) is 3.79. The van der Waals surface area contributed by atoms with Gasteiger partial charge in [-0.15, -0.1) is 0 Å². The molecule has 1 amide bonds. The molecule has 0 bridgehead atoms. The first-order valence-corrected chi connectivity index (χ1v) is 8.04. The van der Waals surface area contributed by atoms with Gasteiger partial charge in [-0.1, -0.05) is 13.3 Å². The monoisotopic (exact) mass is 337 g/mol. The Labute approximate surface area is 127 Å². The smallest absolute Gasteiger partial charge is 0.245 e. The standard InChI is InChI=1S/C15H20BrN3O/c1-2-3-9-4-5-19(8-9)13-7-12-10(6-11(13)16)14(17)15(20)18-12/h6-7,9,14H,2-5,8,17H2,1H3,(H,18,20). The second-order valence-corrected chi connectivity index (χ2v) is 6.60. The van der Waals surface area contributed by atoms with Crippen molar-refractivity contribution in [2.75, 3.05) is 23.3 Å². The van der Waals surface area contributed by atoms with Gasteiger partial charge in [-0.2, -0.15) is 0 Å². The number of amides is 1. The molecule has 1 aromatic rings. The maximum atomic E-state index is 11.6. The van der Waals surface area contributed by atoms with Crippen molar-refractivity contribution in [3.05, 3.63) is 22.2 Å². The van der Waals surface area contributed by atoms with Crippen LogP contribution < -0.4 is 16.0 Å². The zero-order chi connectivity index (χ0) is 14.3. The number of rotatable bonds is 3. The van der Waals surface area contributed by atoms with E-state index in [2.05, 4.69) is 39.1 Å². The molecule has 108 valence electrons. The third-order valence-corrected chi connectivity index (χ3v) is 4.95. The first kappa shape index (κ1) is 13.9. The van der Waals surface area contributed by atoms with Gasteiger partial charge in [0, 0.05) is 28.8 Å². The fraction of sp³-hybridized carbons (Fsp3) is 0.533. The van der Waals surface area contributed by atoms with Crippen molar-refractivity contribution in [3.63, 3.8) is 0 Å². The molecule has 3 N–H and O–H groups in total. The molecule has 0 radical (unpaired) electrons. The maximum Gasteiger partial charge on any atom is 0.245 e. The van der Waals surface area contributed by atoms with Crippen LogP contribution in [0.2, 0.25) is 0 Å². The van der Waals surface area contributed by atoms with Crippen LogP contribution in [0.25, 0.3) is 0 Å². The molecular weight excluding hydrogens is 318 g/mol. The largest absolute Gasteiger partial charge is 0.370 e. The fourth-order valence-corrected chi connectivity index (χ4v) is 3.84. The molecule has 0 spiro atoms. The normalized spacial score (nSPS) is 24.9. The molecule has 0 aromatic heterocycles. The van der Waals surface area contributed by atoms with E-state index >= 15 is 0 Å². The third kappa shape index (κ3) is 2.33. The molecule has 1 fully saturated rings. The molecule has 0 saturated carbocycles. The molecule has 2 aliphatic rings. The Morgan fingerprint density at radius 2 is 2.30 bits per heavy atom. The van der Waals surface area contributed by atoms with Crippen molar-refractivity contribution < 1.29 is 4.79 Å². The fourth-order valence-electron chi connectivity index (χ4n) is 3.23. The van der Waals surface area contributed by atoms with E-state index in [-0.39, 0.29) is 5.91 Å². The number of hydrogen-bond acceptors (Lipinski definition) is 3. The van der Waals surface area contributed by atoms with Crippen molar-refractivity contribution in [2.24, 2.45) is 11.7 Å². The van der Waals surface area contributed by atoms with E-state index in [0.29, 0.717) is 0 Å². The van der Waals surface area contributed by atoms with Crippen LogP contribution in [0, 0.1) is 5.92 Å². The zero-order valence-electron chi connectivity index (χ0n) is 11.7. The highest BCUT2D eigenvalue weighted by Crippen LogP contribution is 2.40. The molecule has 1 saturated heterocycles. The van der Waals surface area contributed by atoms with Crippen molar-refractivity contribution in [3.8, 4) is 0 Å². The molecule has 1 aromatic carbocycles. The predicted molar refractivity (Wildman–Crippen MR) is 84.9 cm³/mol. The molecule has 2 atom stereocenters. The van der Waals surface area contributed by atoms with Gasteiger partial charge in [0.2, 0.25) is 5.91 Å². The number of anilines is 2. The Morgan fingerprint density at radius 1 is 1.50 bits per heavy atom. The third-order valence-electron chi connectivity index (χ3n) is 4.32. The van der Waals surface area contributed by atoms with Gasteiger partial charge >= 0.3 is 0 Å². The van der Waals surface area contributed by atoms with E-state index in [1.807, 2.05) is 6.07 Å². The van der Waals surface area contributed by atoms with Crippen LogP contribution in [0.1, 0.15) is 37.8 Å². The Hall–Kier alpha value is -1.07. The van der Waals surface area contributed by atoms with Crippen LogP contribution in [0.3, 0.4) is 0 Å². The van der Waals surface area contributed by atoms with Crippen LogP contribution in [-0.2, 0) is 4.79 Å². The molecule has 2 aliphatic heterocycles. The molecule has 0 aliphatic carbocycles. The second kappa shape index (κ2) is 5.37. The van der Waals surface area contributed by atoms with E-state index in [0.717, 1.165) is 40.4 Å². The summed E-state index contributed by atoms with van der Waals surface area (Å²) in [4.78, 5) is 14.1. The Balaban J connectivity index is 1.86. The molecule has 4 nitrogen and oxygen atoms in total. The highest BCUT2D eigenvalue weighted by molar-refractivity contribution is 9.10. The average molecular weight is 338 g/mol. The topological polar surface area (TPSA) is 58.4 Å². The van der Waals surface area contributed by atoms with Crippen molar-refractivity contribution >= 4 is 33.2 Å². The SMILES string of the molecule is CCCC1CCN(c2cc3c(cc2Br)C(N)C(=O)N3)C1. The van der Waals surface area contributed by atoms with Crippen molar-refractivity contribution in [2.45, 2.75) is 32.2 Å². The lowest BCUT2D eigenvalue weighted by molar-refractivity contribution is -0.116. The Morgan fingerprint density at radius 3 is 3.05 bits per heavy atom. The Kier molecular flexibility index (Phi) is 3.73. The zero-order valence-corrected chi connectivity index (χ0v) is 13.2. The van der Waals surface area contributed by atoms with E-state index in [9.17, 15) is 4.79 Å². The molecule has 2 heterocycles. The van der Waals surface area contributed by atoms with Crippen LogP contribution in [0.4, 0.5) is 11.4 Å². The van der Waals surface area contributed by atoms with E-state index in [1.165, 1.54) is 19.3 Å². The number of hydrogen-bond donors (Lipinski definition) is 2. The van der Waals surface area contributed by atoms with Crippen LogP contribution >= 0.6 is 15.9 Å². The van der Waals surface area contributed by atoms with Crippen LogP contribution in [0.15, 0.2) is 16.6 Å². The number of nitrogens with one attached hydrogen (secondary N) is 1. The minimum absolute atomic E-state index is 0.116. The highest BCUT2D eigenvalue weighted by atomic mass is 79.9. The van der Waals surface area contributed by atoms with Gasteiger partial charge in [0.1, 0.15) is 6.04 Å². The van der Waals surface area contributed by atoms with Crippen molar-refractivity contribution in [1.29, 1.82) is 0 Å². The lowest BCUT2D eigenvalue weighted by Gasteiger charge is -2.21. The number of nitrogens with zero attached hydrogens (tertiary/aromatic N) is 1. The molecule has 20 heavy (non-hydrogen) atoms. The second-order valence-electron chi connectivity index (χ2n) is 5.75. The summed E-state index contributed by atoms with van der Waals surface area (Å²) >= 11 is 3.63. The van der Waals surface area contributed by atoms with E-state index in [4.69, 9.17) is 5.73 Å². The number of nitrogens with two attached hydrogens (primary N) is 1. The van der Waals surface area contributed by atoms with Gasteiger partial charge in [0.15, 0.2) is 0 Å². The summed E-state index contributed by atoms with van der Waals surface area (Å²) in [7, 11) is 0. The summed E-state index contributed by atoms with van der Waals surface area (Å²) < 4.78 is 1.03. The van der Waals surface area contributed by atoms with E-state index in [1.54, 1.807) is 0 Å². The summed E-state index contributed by atoms with van der Waals surface area (Å²) in [5.74, 6) is 0.673. The summed E-state index contributed by atoms with van der Waals surface area (Å²) in [5.41, 5.74) is 8.79. The highest BCUT2D eigenvalue weighted by Gasteiger charge is 2.30. The maximum absolute atomic E-state index is 11.6. The van der Waals surface area contributed by atoms with Gasteiger partial charge in [0.05, 0.1) is 5.69 Å². The summed E-state index contributed by atoms with van der Waals surface area (Å²) in [6, 6.07) is 3.50. The number of fused-ring (bicyclic) bond motifs is 1. The average Bonchev–Trinajstić information content (AvgIpc) is 2.97. The molecule has 5 heteroatoms. The lowest BCUT2D eigenvalue weighted by Crippen LogP contribution is -2.20. The first-order chi connectivity index (χ1) is 9.60. The first-order valence-electron chi connectivity index (χ1n) is 7.25. The minimum Gasteiger partial charge on any atom is -0.370 e. The summed E-state index contributed by atoms with van der Waals surface area (Å²) in [5, 5.41) is 2.86. The van der Waals surface area contributed by atoms with Crippen LogP contribution in [-0.4, -0.2) is 19.0 Å². The van der Waals surface area contributed by atoms with Gasteiger partial charge < -0.3 is 16.0 Å². The number of carbonyl (C=O) groups excluding carboxylic acids is 1. The van der Waals surface area contributed by atoms with Crippen molar-refractivity contribution in [1.82, 2.24) is 0 Å². The molecule has 2 unspecified atom stereocenters. The van der Waals surface area contributed by atoms with Gasteiger partial charge in [-0.05, 0) is 46.8 Å². The molecule has 3 rings (SSSR count).